The number of fused-ring (bicyclic) bond motifs is 2. The Labute approximate surface area is 130 Å². The minimum Gasteiger partial charge on any atom is -0.356 e. The number of nitrogens with zero attached hydrogens (tertiary/aromatic N) is 3. The number of aryl methyl sites for hydroxylation is 1. The van der Waals surface area contributed by atoms with Crippen LogP contribution in [-0.4, -0.2) is 14.6 Å². The molecule has 2 aromatic heterocycles. The summed E-state index contributed by atoms with van der Waals surface area (Å²) in [7, 11) is 0. The summed E-state index contributed by atoms with van der Waals surface area (Å²) in [6.45, 7) is 4.38. The molecule has 1 aliphatic rings. The van der Waals surface area contributed by atoms with Crippen LogP contribution in [0.1, 0.15) is 22.4 Å². The maximum atomic E-state index is 11.8. The lowest BCUT2D eigenvalue weighted by Gasteiger charge is -2.05. The second-order valence-corrected chi connectivity index (χ2v) is 6.35. The van der Waals surface area contributed by atoms with Gasteiger partial charge in [0.2, 0.25) is 10.1 Å². The molecule has 0 atom stereocenters. The zero-order valence-electron chi connectivity index (χ0n) is 12.1. The number of aromatic nitrogens is 3. The van der Waals surface area contributed by atoms with E-state index in [1.807, 2.05) is 6.92 Å². The van der Waals surface area contributed by atoms with Gasteiger partial charge in [0, 0.05) is 31.4 Å². The Balaban J connectivity index is 1.56. The third-order valence-electron chi connectivity index (χ3n) is 3.72. The summed E-state index contributed by atoms with van der Waals surface area (Å²) in [5, 5.41) is 11.6. The van der Waals surface area contributed by atoms with E-state index in [9.17, 15) is 4.79 Å². The third-order valence-corrected chi connectivity index (χ3v) is 4.58. The van der Waals surface area contributed by atoms with Crippen LogP contribution >= 0.6 is 11.3 Å². The van der Waals surface area contributed by atoms with E-state index in [4.69, 9.17) is 0 Å². The molecule has 0 amide bonds. The van der Waals surface area contributed by atoms with Crippen molar-refractivity contribution >= 4 is 21.4 Å². The molecule has 112 valence electrons. The molecule has 0 saturated carbocycles. The fourth-order valence-corrected chi connectivity index (χ4v) is 3.47. The molecular weight excluding hydrogens is 298 g/mol. The van der Waals surface area contributed by atoms with Gasteiger partial charge in [-0.3, -0.25) is 4.79 Å². The maximum absolute atomic E-state index is 11.8. The van der Waals surface area contributed by atoms with Gasteiger partial charge in [-0.1, -0.05) is 29.5 Å². The highest BCUT2D eigenvalue weighted by Gasteiger charge is 2.11. The van der Waals surface area contributed by atoms with Crippen LogP contribution in [0.2, 0.25) is 0 Å². The smallest absolute Gasteiger partial charge is 0.275 e. The SMILES string of the molecule is Cc1cc(=O)n2nc(NCc3ccc4c(c3)CNC4)sc2n1. The van der Waals surface area contributed by atoms with Crippen molar-refractivity contribution in [3.63, 3.8) is 0 Å². The van der Waals surface area contributed by atoms with Crippen LogP contribution in [0.25, 0.3) is 4.96 Å². The van der Waals surface area contributed by atoms with Crippen molar-refractivity contribution in [1.29, 1.82) is 0 Å². The van der Waals surface area contributed by atoms with Gasteiger partial charge in [-0.05, 0) is 23.6 Å². The third kappa shape index (κ3) is 2.38. The van der Waals surface area contributed by atoms with Crippen LogP contribution in [0.4, 0.5) is 5.13 Å². The molecule has 1 aromatic carbocycles. The second kappa shape index (κ2) is 5.19. The minimum atomic E-state index is -0.143. The molecule has 4 rings (SSSR count). The maximum Gasteiger partial charge on any atom is 0.275 e. The van der Waals surface area contributed by atoms with Crippen LogP contribution in [0, 0.1) is 6.92 Å². The molecule has 22 heavy (non-hydrogen) atoms. The molecular formula is C15H15N5OS. The van der Waals surface area contributed by atoms with Crippen molar-refractivity contribution in [2.75, 3.05) is 5.32 Å². The van der Waals surface area contributed by atoms with Crippen LogP contribution in [0.5, 0.6) is 0 Å². The lowest BCUT2D eigenvalue weighted by Crippen LogP contribution is -2.14. The standard InChI is InChI=1S/C15H15N5OS/c1-9-4-13(21)20-15(18-9)22-14(19-20)17-6-10-2-3-11-7-16-8-12(11)5-10/h2-5,16H,6-8H2,1H3,(H,17,19). The molecule has 3 aromatic rings. The summed E-state index contributed by atoms with van der Waals surface area (Å²) >= 11 is 1.39. The topological polar surface area (TPSA) is 71.3 Å². The normalized spacial score (nSPS) is 13.5. The Bertz CT molecular complexity index is 914. The van der Waals surface area contributed by atoms with Gasteiger partial charge in [0.15, 0.2) is 0 Å². The van der Waals surface area contributed by atoms with Crippen molar-refractivity contribution in [3.05, 3.63) is 57.0 Å². The molecule has 2 N–H and O–H groups in total. The van der Waals surface area contributed by atoms with Crippen molar-refractivity contribution in [2.45, 2.75) is 26.6 Å². The Kier molecular flexibility index (Phi) is 3.16. The van der Waals surface area contributed by atoms with E-state index < -0.39 is 0 Å². The highest BCUT2D eigenvalue weighted by molar-refractivity contribution is 7.20. The first-order valence-corrected chi connectivity index (χ1v) is 7.93. The van der Waals surface area contributed by atoms with Gasteiger partial charge in [0.1, 0.15) is 0 Å². The van der Waals surface area contributed by atoms with E-state index in [0.29, 0.717) is 22.3 Å². The first kappa shape index (κ1) is 13.4. The number of nitrogens with one attached hydrogen (secondary N) is 2. The first-order chi connectivity index (χ1) is 10.7. The Morgan fingerprint density at radius 2 is 2.18 bits per heavy atom. The first-order valence-electron chi connectivity index (χ1n) is 7.12. The van der Waals surface area contributed by atoms with Crippen molar-refractivity contribution in [2.24, 2.45) is 0 Å². The molecule has 0 aliphatic carbocycles. The zero-order chi connectivity index (χ0) is 15.1. The van der Waals surface area contributed by atoms with Crippen molar-refractivity contribution in [1.82, 2.24) is 19.9 Å². The number of hydrogen-bond donors (Lipinski definition) is 2. The van der Waals surface area contributed by atoms with Crippen LogP contribution in [0.15, 0.2) is 29.1 Å². The summed E-state index contributed by atoms with van der Waals surface area (Å²) in [4.78, 5) is 16.8. The lowest BCUT2D eigenvalue weighted by atomic mass is 10.1. The Hall–Kier alpha value is -2.25. The summed E-state index contributed by atoms with van der Waals surface area (Å²) in [6, 6.07) is 8.00. The van der Waals surface area contributed by atoms with E-state index in [1.165, 1.54) is 38.6 Å². The van der Waals surface area contributed by atoms with Crippen molar-refractivity contribution < 1.29 is 0 Å². The second-order valence-electron chi connectivity index (χ2n) is 5.40. The van der Waals surface area contributed by atoms with Gasteiger partial charge in [-0.25, -0.2) is 4.98 Å². The average molecular weight is 313 g/mol. The molecule has 0 bridgehead atoms. The van der Waals surface area contributed by atoms with Gasteiger partial charge >= 0.3 is 0 Å². The van der Waals surface area contributed by atoms with E-state index in [-0.39, 0.29) is 5.56 Å². The number of rotatable bonds is 3. The van der Waals surface area contributed by atoms with Crippen molar-refractivity contribution in [3.8, 4) is 0 Å². The number of anilines is 1. The summed E-state index contributed by atoms with van der Waals surface area (Å²) in [5.74, 6) is 0. The van der Waals surface area contributed by atoms with Gasteiger partial charge < -0.3 is 10.6 Å². The van der Waals surface area contributed by atoms with Gasteiger partial charge in [-0.2, -0.15) is 4.52 Å². The molecule has 6 nitrogen and oxygen atoms in total. The molecule has 0 radical (unpaired) electrons. The highest BCUT2D eigenvalue weighted by atomic mass is 32.1. The van der Waals surface area contributed by atoms with E-state index in [1.54, 1.807) is 0 Å². The quantitative estimate of drug-likeness (QED) is 0.770. The van der Waals surface area contributed by atoms with E-state index >= 15 is 0 Å². The monoisotopic (exact) mass is 313 g/mol. The van der Waals surface area contributed by atoms with Crippen LogP contribution in [-0.2, 0) is 19.6 Å². The zero-order valence-corrected chi connectivity index (χ0v) is 12.9. The minimum absolute atomic E-state index is 0.143. The molecule has 0 fully saturated rings. The van der Waals surface area contributed by atoms with Crippen LogP contribution < -0.4 is 16.2 Å². The van der Waals surface area contributed by atoms with Crippen LogP contribution in [0.3, 0.4) is 0 Å². The Morgan fingerprint density at radius 3 is 3.09 bits per heavy atom. The fourth-order valence-electron chi connectivity index (χ4n) is 2.63. The van der Waals surface area contributed by atoms with Gasteiger partial charge in [-0.15, -0.1) is 5.10 Å². The molecule has 0 unspecified atom stereocenters. The summed E-state index contributed by atoms with van der Waals surface area (Å²) in [5.41, 5.74) is 4.51. The number of hydrogen-bond acceptors (Lipinski definition) is 6. The molecule has 3 heterocycles. The molecule has 7 heteroatoms. The summed E-state index contributed by atoms with van der Waals surface area (Å²) in [6.07, 6.45) is 0. The largest absolute Gasteiger partial charge is 0.356 e. The molecule has 1 aliphatic heterocycles. The molecule has 0 saturated heterocycles. The average Bonchev–Trinajstić information content (AvgIpc) is 3.10. The fraction of sp³-hybridized carbons (Fsp3) is 0.267. The number of benzene rings is 1. The van der Waals surface area contributed by atoms with E-state index in [2.05, 4.69) is 38.9 Å². The predicted octanol–water partition coefficient (Wildman–Crippen LogP) is 1.67. The van der Waals surface area contributed by atoms with Gasteiger partial charge in [0.05, 0.1) is 0 Å². The predicted molar refractivity (Wildman–Crippen MR) is 86.2 cm³/mol. The summed E-state index contributed by atoms with van der Waals surface area (Å²) < 4.78 is 1.34. The lowest BCUT2D eigenvalue weighted by molar-refractivity contribution is 0.764. The molecule has 0 spiro atoms. The highest BCUT2D eigenvalue weighted by Crippen LogP contribution is 2.20. The van der Waals surface area contributed by atoms with Gasteiger partial charge in [0.25, 0.3) is 5.56 Å². The van der Waals surface area contributed by atoms with E-state index in [0.717, 1.165) is 13.1 Å². The Morgan fingerprint density at radius 1 is 1.32 bits per heavy atom.